The molecule has 1 fully saturated rings. The van der Waals surface area contributed by atoms with Gasteiger partial charge in [0.05, 0.1) is 6.17 Å². The van der Waals surface area contributed by atoms with Gasteiger partial charge in [0, 0.05) is 13.6 Å². The summed E-state index contributed by atoms with van der Waals surface area (Å²) >= 11 is 2.26. The Bertz CT molecular complexity index is 223. The maximum Gasteiger partial charge on any atom is 0.251 e. The highest BCUT2D eigenvalue weighted by molar-refractivity contribution is 14.1. The summed E-state index contributed by atoms with van der Waals surface area (Å²) < 4.78 is 0.0516. The van der Waals surface area contributed by atoms with Gasteiger partial charge in [0.2, 0.25) is 0 Å². The monoisotopic (exact) mass is 324 g/mol. The van der Waals surface area contributed by atoms with Crippen molar-refractivity contribution in [2.75, 3.05) is 13.6 Å². The lowest BCUT2D eigenvalue weighted by atomic mass is 10.2. The maximum absolute atomic E-state index is 11.8. The standard InChI is InChI=1S/C11H21IN2O/c1-4-6-8-14-9(7-5-2)13(3)11(15)10(14)12/h9-10H,4-8H2,1-3H3. The summed E-state index contributed by atoms with van der Waals surface area (Å²) in [4.78, 5) is 16.1. The molecule has 88 valence electrons. The molecule has 15 heavy (non-hydrogen) atoms. The van der Waals surface area contributed by atoms with Gasteiger partial charge in [-0.2, -0.15) is 0 Å². The van der Waals surface area contributed by atoms with Crippen molar-refractivity contribution in [3.8, 4) is 0 Å². The van der Waals surface area contributed by atoms with Crippen molar-refractivity contribution in [2.24, 2.45) is 0 Å². The first-order chi connectivity index (χ1) is 7.13. The van der Waals surface area contributed by atoms with Gasteiger partial charge in [-0.1, -0.05) is 49.3 Å². The SMILES string of the molecule is CCCCN1C(I)C(=O)N(C)C1CCC. The lowest BCUT2D eigenvalue weighted by molar-refractivity contribution is -0.127. The van der Waals surface area contributed by atoms with Crippen LogP contribution >= 0.6 is 22.6 Å². The maximum atomic E-state index is 11.8. The zero-order chi connectivity index (χ0) is 11.4. The molecule has 0 aromatic carbocycles. The van der Waals surface area contributed by atoms with Gasteiger partial charge in [0.25, 0.3) is 5.91 Å². The lowest BCUT2D eigenvalue weighted by Gasteiger charge is -2.28. The molecule has 3 nitrogen and oxygen atoms in total. The molecule has 1 amide bonds. The lowest BCUT2D eigenvalue weighted by Crippen LogP contribution is -2.38. The Kier molecular flexibility index (Phi) is 5.32. The molecule has 1 aliphatic rings. The van der Waals surface area contributed by atoms with E-state index in [1.54, 1.807) is 0 Å². The van der Waals surface area contributed by atoms with Crippen molar-refractivity contribution in [1.82, 2.24) is 9.80 Å². The predicted molar refractivity (Wildman–Crippen MR) is 70.9 cm³/mol. The Hall–Kier alpha value is 0.160. The number of likely N-dealkylation sites (N-methyl/N-ethyl adjacent to an activating group) is 1. The molecule has 0 aromatic heterocycles. The third kappa shape index (κ3) is 2.84. The number of hydrogen-bond donors (Lipinski definition) is 0. The van der Waals surface area contributed by atoms with Crippen LogP contribution in [0.1, 0.15) is 39.5 Å². The Morgan fingerprint density at radius 2 is 2.00 bits per heavy atom. The fraction of sp³-hybridized carbons (Fsp3) is 0.909. The second kappa shape index (κ2) is 6.03. The van der Waals surface area contributed by atoms with Crippen LogP contribution in [0.15, 0.2) is 0 Å². The van der Waals surface area contributed by atoms with E-state index in [4.69, 9.17) is 0 Å². The molecule has 0 aromatic rings. The number of carbonyl (C=O) groups excluding carboxylic acids is 1. The van der Waals surface area contributed by atoms with Gasteiger partial charge in [-0.15, -0.1) is 0 Å². The molecule has 0 bridgehead atoms. The summed E-state index contributed by atoms with van der Waals surface area (Å²) in [5, 5.41) is 0. The summed E-state index contributed by atoms with van der Waals surface area (Å²) in [6.07, 6.45) is 4.92. The fourth-order valence-corrected chi connectivity index (χ4v) is 3.14. The van der Waals surface area contributed by atoms with E-state index in [-0.39, 0.29) is 9.96 Å². The van der Waals surface area contributed by atoms with Gasteiger partial charge in [-0.3, -0.25) is 9.69 Å². The number of nitrogens with zero attached hydrogens (tertiary/aromatic N) is 2. The molecule has 0 radical (unpaired) electrons. The molecule has 0 spiro atoms. The Morgan fingerprint density at radius 1 is 1.33 bits per heavy atom. The van der Waals surface area contributed by atoms with Gasteiger partial charge < -0.3 is 4.90 Å². The number of halogens is 1. The second-order valence-electron chi connectivity index (χ2n) is 4.15. The number of rotatable bonds is 5. The summed E-state index contributed by atoms with van der Waals surface area (Å²) in [6.45, 7) is 5.42. The Morgan fingerprint density at radius 3 is 2.53 bits per heavy atom. The molecule has 0 saturated carbocycles. The fourth-order valence-electron chi connectivity index (χ4n) is 2.05. The van der Waals surface area contributed by atoms with E-state index in [1.807, 2.05) is 11.9 Å². The Balaban J connectivity index is 2.66. The number of alkyl halides is 1. The van der Waals surface area contributed by atoms with Gasteiger partial charge >= 0.3 is 0 Å². The number of amides is 1. The number of unbranched alkanes of at least 4 members (excludes halogenated alkanes) is 1. The van der Waals surface area contributed by atoms with Crippen LogP contribution in [-0.4, -0.2) is 39.5 Å². The summed E-state index contributed by atoms with van der Waals surface area (Å²) in [5.74, 6) is 0.269. The van der Waals surface area contributed by atoms with Gasteiger partial charge in [-0.25, -0.2) is 0 Å². The quantitative estimate of drug-likeness (QED) is 0.441. The molecule has 1 aliphatic heterocycles. The van der Waals surface area contributed by atoms with Crippen LogP contribution in [0.3, 0.4) is 0 Å². The second-order valence-corrected chi connectivity index (χ2v) is 5.33. The molecule has 1 saturated heterocycles. The average Bonchev–Trinajstić information content (AvgIpc) is 2.42. The first-order valence-corrected chi connectivity index (χ1v) is 7.04. The van der Waals surface area contributed by atoms with E-state index in [2.05, 4.69) is 41.3 Å². The van der Waals surface area contributed by atoms with Crippen molar-refractivity contribution in [1.29, 1.82) is 0 Å². The highest BCUT2D eigenvalue weighted by Crippen LogP contribution is 2.27. The molecular formula is C11H21IN2O. The van der Waals surface area contributed by atoms with Crippen LogP contribution < -0.4 is 0 Å². The largest absolute Gasteiger partial charge is 0.328 e. The zero-order valence-electron chi connectivity index (χ0n) is 9.87. The van der Waals surface area contributed by atoms with E-state index < -0.39 is 0 Å². The van der Waals surface area contributed by atoms with Crippen molar-refractivity contribution in [3.05, 3.63) is 0 Å². The van der Waals surface area contributed by atoms with Gasteiger partial charge in [-0.05, 0) is 12.8 Å². The molecule has 0 aliphatic carbocycles. The smallest absolute Gasteiger partial charge is 0.251 e. The topological polar surface area (TPSA) is 23.6 Å². The molecule has 1 heterocycles. The molecule has 2 atom stereocenters. The van der Waals surface area contributed by atoms with Crippen molar-refractivity contribution >= 4 is 28.5 Å². The van der Waals surface area contributed by atoms with E-state index in [1.165, 1.54) is 12.8 Å². The zero-order valence-corrected chi connectivity index (χ0v) is 12.0. The van der Waals surface area contributed by atoms with Crippen LogP contribution in [0.2, 0.25) is 0 Å². The predicted octanol–water partition coefficient (Wildman–Crippen LogP) is 2.45. The molecule has 2 unspecified atom stereocenters. The van der Waals surface area contributed by atoms with Gasteiger partial charge in [0.1, 0.15) is 4.05 Å². The normalized spacial score (nSPS) is 27.7. The van der Waals surface area contributed by atoms with Crippen molar-refractivity contribution < 1.29 is 4.79 Å². The highest BCUT2D eigenvalue weighted by atomic mass is 127. The van der Waals surface area contributed by atoms with E-state index in [0.717, 1.165) is 19.4 Å². The highest BCUT2D eigenvalue weighted by Gasteiger charge is 2.41. The minimum Gasteiger partial charge on any atom is -0.328 e. The first-order valence-electron chi connectivity index (χ1n) is 5.80. The third-order valence-electron chi connectivity index (χ3n) is 2.99. The molecule has 1 rings (SSSR count). The minimum absolute atomic E-state index is 0.0516. The van der Waals surface area contributed by atoms with E-state index >= 15 is 0 Å². The van der Waals surface area contributed by atoms with Crippen LogP contribution in [0.4, 0.5) is 0 Å². The van der Waals surface area contributed by atoms with E-state index in [0.29, 0.717) is 6.17 Å². The Labute approximate surface area is 106 Å². The third-order valence-corrected chi connectivity index (χ3v) is 4.24. The molecular weight excluding hydrogens is 303 g/mol. The van der Waals surface area contributed by atoms with Crippen LogP contribution in [0.25, 0.3) is 0 Å². The summed E-state index contributed by atoms with van der Waals surface area (Å²) in [5.41, 5.74) is 0. The van der Waals surface area contributed by atoms with Crippen LogP contribution in [0.5, 0.6) is 0 Å². The molecule has 4 heteroatoms. The van der Waals surface area contributed by atoms with Crippen LogP contribution in [0, 0.1) is 0 Å². The number of hydrogen-bond acceptors (Lipinski definition) is 2. The summed E-state index contributed by atoms with van der Waals surface area (Å²) in [6, 6.07) is 0. The van der Waals surface area contributed by atoms with E-state index in [9.17, 15) is 4.79 Å². The first kappa shape index (κ1) is 13.2. The number of carbonyl (C=O) groups is 1. The molecule has 0 N–H and O–H groups in total. The average molecular weight is 324 g/mol. The minimum atomic E-state index is 0.0516. The van der Waals surface area contributed by atoms with Gasteiger partial charge in [0.15, 0.2) is 0 Å². The summed E-state index contributed by atoms with van der Waals surface area (Å²) in [7, 11) is 1.93. The van der Waals surface area contributed by atoms with Crippen molar-refractivity contribution in [2.45, 2.75) is 49.7 Å². The van der Waals surface area contributed by atoms with Crippen molar-refractivity contribution in [3.63, 3.8) is 0 Å². The van der Waals surface area contributed by atoms with Crippen LogP contribution in [-0.2, 0) is 4.79 Å².